The molecule has 1 fully saturated rings. The minimum Gasteiger partial charge on any atom is -0.466 e. The van der Waals surface area contributed by atoms with Crippen molar-refractivity contribution in [3.05, 3.63) is 33.8 Å². The van der Waals surface area contributed by atoms with Gasteiger partial charge in [-0.1, -0.05) is 22.0 Å². The Balaban J connectivity index is 2.24. The Labute approximate surface area is 148 Å². The summed E-state index contributed by atoms with van der Waals surface area (Å²) in [5, 5.41) is 0. The van der Waals surface area contributed by atoms with Crippen LogP contribution in [0.5, 0.6) is 0 Å². The van der Waals surface area contributed by atoms with Gasteiger partial charge in [0.15, 0.2) is 0 Å². The summed E-state index contributed by atoms with van der Waals surface area (Å²) in [5.74, 6) is -1.68. The number of hydrogen-bond acceptors (Lipinski definition) is 2. The van der Waals surface area contributed by atoms with Crippen LogP contribution in [-0.2, 0) is 16.0 Å². The number of halogens is 4. The maximum Gasteiger partial charge on any atom is 0.391 e. The third-order valence-corrected chi connectivity index (χ3v) is 5.44. The summed E-state index contributed by atoms with van der Waals surface area (Å²) in [6.07, 6.45) is -3.36. The van der Waals surface area contributed by atoms with Crippen LogP contribution >= 0.6 is 15.9 Å². The highest BCUT2D eigenvalue weighted by atomic mass is 79.9. The molecule has 0 heterocycles. The van der Waals surface area contributed by atoms with E-state index in [1.807, 2.05) is 25.1 Å². The third kappa shape index (κ3) is 4.32. The number of carbonyl (C=O) groups is 1. The molecule has 0 aromatic heterocycles. The molecule has 134 valence electrons. The summed E-state index contributed by atoms with van der Waals surface area (Å²) < 4.78 is 45.0. The number of carbonyl (C=O) groups excluding carboxylic acids is 1. The van der Waals surface area contributed by atoms with E-state index >= 15 is 0 Å². The van der Waals surface area contributed by atoms with E-state index in [2.05, 4.69) is 15.9 Å². The Bertz CT molecular complexity index is 590. The van der Waals surface area contributed by atoms with Gasteiger partial charge < -0.3 is 4.74 Å². The van der Waals surface area contributed by atoms with E-state index < -0.39 is 17.5 Å². The van der Waals surface area contributed by atoms with E-state index in [0.29, 0.717) is 6.42 Å². The Morgan fingerprint density at radius 3 is 2.46 bits per heavy atom. The van der Waals surface area contributed by atoms with Crippen molar-refractivity contribution >= 4 is 21.9 Å². The molecule has 2 nitrogen and oxygen atoms in total. The molecule has 1 saturated carbocycles. The van der Waals surface area contributed by atoms with Gasteiger partial charge in [-0.25, -0.2) is 0 Å². The molecular formula is C18H22BrF3O2. The zero-order valence-electron chi connectivity index (χ0n) is 13.9. The molecule has 0 aliphatic heterocycles. The molecule has 6 heteroatoms. The Kier molecular flexibility index (Phi) is 6.00. The number of benzene rings is 1. The van der Waals surface area contributed by atoms with Crippen molar-refractivity contribution in [2.24, 2.45) is 11.3 Å². The highest BCUT2D eigenvalue weighted by Crippen LogP contribution is 2.47. The summed E-state index contributed by atoms with van der Waals surface area (Å²) >= 11 is 3.40. The van der Waals surface area contributed by atoms with E-state index in [4.69, 9.17) is 4.74 Å². The largest absolute Gasteiger partial charge is 0.466 e. The predicted molar refractivity (Wildman–Crippen MR) is 89.7 cm³/mol. The topological polar surface area (TPSA) is 26.3 Å². The lowest BCUT2D eigenvalue weighted by Gasteiger charge is -2.39. The van der Waals surface area contributed by atoms with E-state index in [-0.39, 0.29) is 38.3 Å². The summed E-state index contributed by atoms with van der Waals surface area (Å²) in [4.78, 5) is 12.5. The molecule has 2 rings (SSSR count). The fraction of sp³-hybridized carbons (Fsp3) is 0.611. The molecule has 0 bridgehead atoms. The Morgan fingerprint density at radius 1 is 1.33 bits per heavy atom. The van der Waals surface area contributed by atoms with Crippen molar-refractivity contribution in [1.82, 2.24) is 0 Å². The summed E-state index contributed by atoms with van der Waals surface area (Å²) in [6, 6.07) is 5.77. The second kappa shape index (κ2) is 7.46. The number of esters is 1. The quantitative estimate of drug-likeness (QED) is 0.608. The fourth-order valence-electron chi connectivity index (χ4n) is 3.46. The van der Waals surface area contributed by atoms with Crippen molar-refractivity contribution in [2.75, 3.05) is 6.61 Å². The molecule has 0 amide bonds. The number of alkyl halides is 3. The van der Waals surface area contributed by atoms with Crippen LogP contribution in [0.4, 0.5) is 13.2 Å². The van der Waals surface area contributed by atoms with Crippen molar-refractivity contribution < 1.29 is 22.7 Å². The second-order valence-corrected chi connectivity index (χ2v) is 7.48. The first kappa shape index (κ1) is 19.3. The van der Waals surface area contributed by atoms with E-state index in [9.17, 15) is 18.0 Å². The maximum absolute atomic E-state index is 13.0. The maximum atomic E-state index is 13.0. The summed E-state index contributed by atoms with van der Waals surface area (Å²) in [5.41, 5.74) is 1.15. The van der Waals surface area contributed by atoms with E-state index in [0.717, 1.165) is 15.6 Å². The lowest BCUT2D eigenvalue weighted by atomic mass is 9.67. The van der Waals surface area contributed by atoms with Gasteiger partial charge in [-0.2, -0.15) is 13.2 Å². The first-order valence-corrected chi connectivity index (χ1v) is 8.96. The normalized spacial score (nSPS) is 24.7. The standard InChI is InChI=1S/C18H22BrF3O2/c1-3-24-16(23)17(8-6-14(7-9-17)18(20,21)22)11-13-4-5-15(19)10-12(13)2/h4-5,10,14H,3,6-9,11H2,1-2H3. The molecule has 1 aliphatic carbocycles. The number of rotatable bonds is 4. The van der Waals surface area contributed by atoms with Gasteiger partial charge in [0, 0.05) is 4.47 Å². The highest BCUT2D eigenvalue weighted by molar-refractivity contribution is 9.10. The van der Waals surface area contributed by atoms with Crippen molar-refractivity contribution in [2.45, 2.75) is 52.1 Å². The smallest absolute Gasteiger partial charge is 0.391 e. The van der Waals surface area contributed by atoms with Gasteiger partial charge in [0.2, 0.25) is 0 Å². The molecule has 1 aliphatic rings. The average Bonchev–Trinajstić information content (AvgIpc) is 2.50. The van der Waals surface area contributed by atoms with Crippen LogP contribution < -0.4 is 0 Å². The van der Waals surface area contributed by atoms with Crippen LogP contribution in [0.2, 0.25) is 0 Å². The lowest BCUT2D eigenvalue weighted by molar-refractivity contribution is -0.192. The zero-order valence-corrected chi connectivity index (χ0v) is 15.5. The second-order valence-electron chi connectivity index (χ2n) is 6.56. The average molecular weight is 407 g/mol. The Morgan fingerprint density at radius 2 is 1.96 bits per heavy atom. The van der Waals surface area contributed by atoms with Gasteiger partial charge in [0.05, 0.1) is 17.9 Å². The third-order valence-electron chi connectivity index (χ3n) is 4.95. The fourth-order valence-corrected chi connectivity index (χ4v) is 3.93. The number of aryl methyl sites for hydroxylation is 1. The van der Waals surface area contributed by atoms with Crippen LogP contribution in [0.1, 0.15) is 43.7 Å². The molecule has 0 N–H and O–H groups in total. The SMILES string of the molecule is CCOC(=O)C1(Cc2ccc(Br)cc2C)CCC(C(F)(F)F)CC1. The number of ether oxygens (including phenoxy) is 1. The summed E-state index contributed by atoms with van der Waals surface area (Å²) in [7, 11) is 0. The summed E-state index contributed by atoms with van der Waals surface area (Å²) in [6.45, 7) is 3.90. The minimum atomic E-state index is -4.19. The molecule has 0 atom stereocenters. The van der Waals surface area contributed by atoms with Gasteiger partial charge in [-0.3, -0.25) is 4.79 Å². The van der Waals surface area contributed by atoms with E-state index in [1.165, 1.54) is 0 Å². The van der Waals surface area contributed by atoms with Crippen molar-refractivity contribution in [3.8, 4) is 0 Å². The molecule has 0 unspecified atom stereocenters. The molecular weight excluding hydrogens is 385 g/mol. The minimum absolute atomic E-state index is 0.0160. The zero-order chi connectivity index (χ0) is 18.0. The highest BCUT2D eigenvalue weighted by Gasteiger charge is 2.49. The lowest BCUT2D eigenvalue weighted by Crippen LogP contribution is -2.41. The van der Waals surface area contributed by atoms with Crippen LogP contribution in [0, 0.1) is 18.3 Å². The number of hydrogen-bond donors (Lipinski definition) is 0. The van der Waals surface area contributed by atoms with Crippen LogP contribution in [0.15, 0.2) is 22.7 Å². The molecule has 0 saturated heterocycles. The molecule has 1 aromatic rings. The molecule has 0 spiro atoms. The van der Waals surface area contributed by atoms with Gasteiger partial charge in [-0.05, 0) is 69.2 Å². The van der Waals surface area contributed by atoms with Gasteiger partial charge in [0.1, 0.15) is 0 Å². The van der Waals surface area contributed by atoms with Crippen LogP contribution in [-0.4, -0.2) is 18.8 Å². The molecule has 0 radical (unpaired) electrons. The van der Waals surface area contributed by atoms with Crippen LogP contribution in [0.3, 0.4) is 0 Å². The van der Waals surface area contributed by atoms with Crippen molar-refractivity contribution in [1.29, 1.82) is 0 Å². The Hall–Kier alpha value is -1.04. The predicted octanol–water partition coefficient (Wildman–Crippen LogP) is 5.60. The van der Waals surface area contributed by atoms with Crippen molar-refractivity contribution in [3.63, 3.8) is 0 Å². The first-order valence-electron chi connectivity index (χ1n) is 8.17. The van der Waals surface area contributed by atoms with Crippen LogP contribution in [0.25, 0.3) is 0 Å². The molecule has 1 aromatic carbocycles. The monoisotopic (exact) mass is 406 g/mol. The van der Waals surface area contributed by atoms with Gasteiger partial charge in [-0.15, -0.1) is 0 Å². The van der Waals surface area contributed by atoms with Gasteiger partial charge >= 0.3 is 12.1 Å². The first-order chi connectivity index (χ1) is 11.2. The molecule has 24 heavy (non-hydrogen) atoms. The van der Waals surface area contributed by atoms with Gasteiger partial charge in [0.25, 0.3) is 0 Å². The van der Waals surface area contributed by atoms with E-state index in [1.54, 1.807) is 6.92 Å².